The lowest BCUT2D eigenvalue weighted by Gasteiger charge is -2.19. The highest BCUT2D eigenvalue weighted by Crippen LogP contribution is 2.29. The molecular formula is C28H25NO6. The lowest BCUT2D eigenvalue weighted by Crippen LogP contribution is -2.27. The van der Waals surface area contributed by atoms with Crippen molar-refractivity contribution in [1.82, 2.24) is 0 Å². The number of nitrogens with zero attached hydrogens (tertiary/aromatic N) is 1. The zero-order chi connectivity index (χ0) is 24.9. The molecule has 1 atom stereocenters. The molecule has 3 aromatic rings. The molecule has 0 aromatic heterocycles. The highest BCUT2D eigenvalue weighted by molar-refractivity contribution is 6.01. The molecule has 4 rings (SSSR count). The van der Waals surface area contributed by atoms with Gasteiger partial charge in [0.2, 0.25) is 5.91 Å². The van der Waals surface area contributed by atoms with Gasteiger partial charge in [0.15, 0.2) is 12.4 Å². The standard InChI is InChI=1S/C28H25NO6/c1-18-8-9-19(2)24(14-18)29-16-22(15-26(29)31)27(32)34-17-25(30)20-10-12-23(13-11-20)35-28(33)21-6-4-3-5-7-21/h3-14,22H,15-17H2,1-2H3/t22-/m0/s1. The number of Topliss-reactive ketones (excluding diaryl/α,β-unsaturated/α-hetero) is 1. The van der Waals surface area contributed by atoms with Gasteiger partial charge < -0.3 is 14.4 Å². The average Bonchev–Trinajstić information content (AvgIpc) is 3.26. The van der Waals surface area contributed by atoms with E-state index in [4.69, 9.17) is 9.47 Å². The molecule has 1 saturated heterocycles. The van der Waals surface area contributed by atoms with Gasteiger partial charge in [0.1, 0.15) is 5.75 Å². The third-order valence-electron chi connectivity index (χ3n) is 5.86. The maximum Gasteiger partial charge on any atom is 0.343 e. The van der Waals surface area contributed by atoms with Crippen LogP contribution in [0.5, 0.6) is 5.75 Å². The predicted molar refractivity (Wildman–Crippen MR) is 130 cm³/mol. The van der Waals surface area contributed by atoms with Crippen LogP contribution in [0.2, 0.25) is 0 Å². The maximum atomic E-state index is 12.6. The number of ether oxygens (including phenoxy) is 2. The van der Waals surface area contributed by atoms with Gasteiger partial charge in [0.05, 0.1) is 11.5 Å². The Bertz CT molecular complexity index is 1270. The van der Waals surface area contributed by atoms with Crippen LogP contribution in [0.25, 0.3) is 0 Å². The number of benzene rings is 3. The van der Waals surface area contributed by atoms with Crippen LogP contribution in [0.4, 0.5) is 5.69 Å². The molecule has 35 heavy (non-hydrogen) atoms. The molecule has 0 bridgehead atoms. The zero-order valence-electron chi connectivity index (χ0n) is 19.5. The molecule has 1 fully saturated rings. The van der Waals surface area contributed by atoms with Crippen molar-refractivity contribution in [3.05, 3.63) is 95.1 Å². The molecule has 3 aromatic carbocycles. The fraction of sp³-hybridized carbons (Fsp3) is 0.214. The van der Waals surface area contributed by atoms with Crippen molar-refractivity contribution in [2.24, 2.45) is 5.92 Å². The summed E-state index contributed by atoms with van der Waals surface area (Å²) in [6, 6.07) is 20.4. The second-order valence-electron chi connectivity index (χ2n) is 8.51. The number of anilines is 1. The summed E-state index contributed by atoms with van der Waals surface area (Å²) >= 11 is 0. The quantitative estimate of drug-likeness (QED) is 0.290. The molecule has 7 nitrogen and oxygen atoms in total. The van der Waals surface area contributed by atoms with Crippen molar-refractivity contribution in [3.63, 3.8) is 0 Å². The topological polar surface area (TPSA) is 90.0 Å². The Balaban J connectivity index is 1.30. The Morgan fingerprint density at radius 2 is 1.63 bits per heavy atom. The van der Waals surface area contributed by atoms with E-state index in [0.717, 1.165) is 16.8 Å². The van der Waals surface area contributed by atoms with Crippen LogP contribution in [0.15, 0.2) is 72.8 Å². The van der Waals surface area contributed by atoms with E-state index >= 15 is 0 Å². The zero-order valence-corrected chi connectivity index (χ0v) is 19.5. The van der Waals surface area contributed by atoms with E-state index in [2.05, 4.69) is 0 Å². The summed E-state index contributed by atoms with van der Waals surface area (Å²) in [4.78, 5) is 51.3. The monoisotopic (exact) mass is 471 g/mol. The molecule has 1 heterocycles. The Labute approximate surface area is 203 Å². The highest BCUT2D eigenvalue weighted by Gasteiger charge is 2.37. The van der Waals surface area contributed by atoms with Crippen molar-refractivity contribution in [1.29, 1.82) is 0 Å². The fourth-order valence-electron chi connectivity index (χ4n) is 3.90. The van der Waals surface area contributed by atoms with E-state index in [0.29, 0.717) is 16.9 Å². The Morgan fingerprint density at radius 1 is 0.914 bits per heavy atom. The molecule has 1 aliphatic rings. The number of amides is 1. The first-order valence-corrected chi connectivity index (χ1v) is 11.3. The highest BCUT2D eigenvalue weighted by atomic mass is 16.5. The molecule has 7 heteroatoms. The van der Waals surface area contributed by atoms with Gasteiger partial charge in [-0.1, -0.05) is 30.3 Å². The van der Waals surface area contributed by atoms with Gasteiger partial charge in [0.25, 0.3) is 0 Å². The summed E-state index contributed by atoms with van der Waals surface area (Å²) in [6.45, 7) is 3.65. The third-order valence-corrected chi connectivity index (χ3v) is 5.86. The number of carbonyl (C=O) groups excluding carboxylic acids is 4. The SMILES string of the molecule is Cc1ccc(C)c(N2C[C@@H](C(=O)OCC(=O)c3ccc(OC(=O)c4ccccc4)cc3)CC2=O)c1. The molecule has 0 radical (unpaired) electrons. The molecule has 178 valence electrons. The predicted octanol–water partition coefficient (Wildman–Crippen LogP) is 4.30. The number of rotatable bonds is 7. The number of hydrogen-bond acceptors (Lipinski definition) is 6. The molecule has 1 aliphatic heterocycles. The lowest BCUT2D eigenvalue weighted by atomic mass is 10.1. The smallest absolute Gasteiger partial charge is 0.343 e. The van der Waals surface area contributed by atoms with E-state index in [1.165, 1.54) is 24.3 Å². The van der Waals surface area contributed by atoms with Gasteiger partial charge in [-0.2, -0.15) is 0 Å². The Kier molecular flexibility index (Phi) is 7.06. The number of ketones is 1. The van der Waals surface area contributed by atoms with E-state index in [-0.39, 0.29) is 18.9 Å². The normalized spacial score (nSPS) is 15.1. The van der Waals surface area contributed by atoms with Crippen molar-refractivity contribution >= 4 is 29.3 Å². The van der Waals surface area contributed by atoms with Crippen molar-refractivity contribution in [2.75, 3.05) is 18.1 Å². The average molecular weight is 472 g/mol. The largest absolute Gasteiger partial charge is 0.457 e. The first-order chi connectivity index (χ1) is 16.8. The molecule has 0 unspecified atom stereocenters. The van der Waals surface area contributed by atoms with Gasteiger partial charge in [-0.05, 0) is 67.4 Å². The van der Waals surface area contributed by atoms with E-state index in [1.807, 2.05) is 32.0 Å². The lowest BCUT2D eigenvalue weighted by molar-refractivity contribution is -0.147. The minimum Gasteiger partial charge on any atom is -0.457 e. The van der Waals surface area contributed by atoms with Crippen molar-refractivity contribution < 1.29 is 28.7 Å². The summed E-state index contributed by atoms with van der Waals surface area (Å²) in [7, 11) is 0. The molecule has 0 aliphatic carbocycles. The van der Waals surface area contributed by atoms with Gasteiger partial charge in [-0.3, -0.25) is 14.4 Å². The first-order valence-electron chi connectivity index (χ1n) is 11.3. The number of hydrogen-bond donors (Lipinski definition) is 0. The van der Waals surface area contributed by atoms with Crippen LogP contribution >= 0.6 is 0 Å². The minimum absolute atomic E-state index is 0.0435. The number of carbonyl (C=O) groups is 4. The molecule has 0 N–H and O–H groups in total. The van der Waals surface area contributed by atoms with Gasteiger partial charge >= 0.3 is 11.9 Å². The fourth-order valence-corrected chi connectivity index (χ4v) is 3.90. The van der Waals surface area contributed by atoms with Crippen LogP contribution in [-0.4, -0.2) is 36.8 Å². The van der Waals surface area contributed by atoms with Crippen molar-refractivity contribution in [3.8, 4) is 5.75 Å². The number of aryl methyl sites for hydroxylation is 2. The summed E-state index contributed by atoms with van der Waals surface area (Å²) < 4.78 is 10.5. The molecule has 0 saturated carbocycles. The second-order valence-corrected chi connectivity index (χ2v) is 8.51. The van der Waals surface area contributed by atoms with Crippen LogP contribution in [0.1, 0.15) is 38.3 Å². The molecule has 0 spiro atoms. The molecule has 1 amide bonds. The summed E-state index contributed by atoms with van der Waals surface area (Å²) in [6.07, 6.45) is 0.0435. The van der Waals surface area contributed by atoms with Crippen LogP contribution in [0.3, 0.4) is 0 Å². The first kappa shape index (κ1) is 23.9. The van der Waals surface area contributed by atoms with Crippen LogP contribution in [-0.2, 0) is 14.3 Å². The Morgan fingerprint density at radius 3 is 2.34 bits per heavy atom. The summed E-state index contributed by atoms with van der Waals surface area (Å²) in [5.41, 5.74) is 3.49. The molecular weight excluding hydrogens is 446 g/mol. The third kappa shape index (κ3) is 5.63. The maximum absolute atomic E-state index is 12.6. The van der Waals surface area contributed by atoms with E-state index < -0.39 is 30.2 Å². The van der Waals surface area contributed by atoms with Crippen molar-refractivity contribution in [2.45, 2.75) is 20.3 Å². The van der Waals surface area contributed by atoms with Gasteiger partial charge in [-0.25, -0.2) is 4.79 Å². The van der Waals surface area contributed by atoms with E-state index in [1.54, 1.807) is 35.2 Å². The summed E-state index contributed by atoms with van der Waals surface area (Å²) in [5.74, 6) is -1.95. The number of esters is 2. The Hall–Kier alpha value is -4.26. The van der Waals surface area contributed by atoms with Gasteiger partial charge in [0, 0.05) is 24.2 Å². The van der Waals surface area contributed by atoms with Crippen LogP contribution in [0, 0.1) is 19.8 Å². The van der Waals surface area contributed by atoms with Crippen LogP contribution < -0.4 is 9.64 Å². The minimum atomic E-state index is -0.630. The van der Waals surface area contributed by atoms with E-state index in [9.17, 15) is 19.2 Å². The summed E-state index contributed by atoms with van der Waals surface area (Å²) in [5, 5.41) is 0. The van der Waals surface area contributed by atoms with Gasteiger partial charge in [-0.15, -0.1) is 0 Å². The second kappa shape index (κ2) is 10.3.